The summed E-state index contributed by atoms with van der Waals surface area (Å²) in [5.41, 5.74) is -3.37. The van der Waals surface area contributed by atoms with E-state index in [1.807, 2.05) is 0 Å². The van der Waals surface area contributed by atoms with E-state index in [2.05, 4.69) is 0 Å². The van der Waals surface area contributed by atoms with Gasteiger partial charge in [-0.15, -0.1) is 0 Å². The van der Waals surface area contributed by atoms with E-state index in [0.29, 0.717) is 0 Å². The topological polar surface area (TPSA) is 239 Å². The Labute approximate surface area is 218 Å². The summed E-state index contributed by atoms with van der Waals surface area (Å²) in [6.07, 6.45) is -0.441. The smallest absolute Gasteiger partial charge is 0.338 e. The molecule has 0 aliphatic carbocycles. The van der Waals surface area contributed by atoms with E-state index in [-0.39, 0.29) is 23.1 Å². The summed E-state index contributed by atoms with van der Waals surface area (Å²) in [4.78, 5) is 81.4. The van der Waals surface area contributed by atoms with Gasteiger partial charge in [0.1, 0.15) is 12.7 Å². The van der Waals surface area contributed by atoms with E-state index in [0.717, 1.165) is 42.5 Å². The van der Waals surface area contributed by atoms with E-state index in [1.165, 1.54) is 6.92 Å². The molecule has 0 spiro atoms. The molecule has 1 unspecified atom stereocenters. The van der Waals surface area contributed by atoms with E-state index in [1.54, 1.807) is 0 Å². The van der Waals surface area contributed by atoms with Crippen molar-refractivity contribution in [2.45, 2.75) is 19.4 Å². The Hall–Kier alpha value is -5.53. The van der Waals surface area contributed by atoms with Crippen LogP contribution in [0.5, 0.6) is 0 Å². The van der Waals surface area contributed by atoms with Crippen molar-refractivity contribution in [3.05, 3.63) is 81.4 Å². The van der Waals surface area contributed by atoms with Gasteiger partial charge in [0.2, 0.25) is 0 Å². The minimum Gasteiger partial charge on any atom is -0.478 e. The summed E-state index contributed by atoms with van der Waals surface area (Å²) in [6.45, 7) is 0.574. The van der Waals surface area contributed by atoms with Crippen LogP contribution in [0.1, 0.15) is 75.5 Å². The number of aromatic carboxylic acids is 4. The Morgan fingerprint density at radius 1 is 0.692 bits per heavy atom. The third-order valence-corrected chi connectivity index (χ3v) is 5.13. The number of esters is 2. The van der Waals surface area contributed by atoms with Gasteiger partial charge in [0.25, 0.3) is 0 Å². The maximum Gasteiger partial charge on any atom is 0.338 e. The lowest BCUT2D eigenvalue weighted by molar-refractivity contribution is -0.132. The highest BCUT2D eigenvalue weighted by molar-refractivity contribution is 6.05. The number of carbonyl (C=O) groups excluding carboxylic acids is 2. The lowest BCUT2D eigenvalue weighted by atomic mass is 10.0. The molecule has 0 saturated carbocycles. The molecule has 0 saturated heterocycles. The van der Waals surface area contributed by atoms with Crippen LogP contribution >= 0.6 is 0 Å². The highest BCUT2D eigenvalue weighted by Gasteiger charge is 2.24. The van der Waals surface area contributed by atoms with Crippen LogP contribution in [-0.4, -0.2) is 80.0 Å². The number of carboxylic acids is 5. The highest BCUT2D eigenvalue weighted by Crippen LogP contribution is 2.17. The second-order valence-electron chi connectivity index (χ2n) is 7.80. The molecule has 0 radical (unpaired) electrons. The minimum absolute atomic E-state index is 0.142. The first-order chi connectivity index (χ1) is 18.2. The molecular formula is C25H20O14. The van der Waals surface area contributed by atoms with Crippen LogP contribution in [0.2, 0.25) is 0 Å². The van der Waals surface area contributed by atoms with Gasteiger partial charge >= 0.3 is 41.8 Å². The van der Waals surface area contributed by atoms with E-state index in [4.69, 9.17) is 24.8 Å². The maximum atomic E-state index is 12.7. The maximum absolute atomic E-state index is 12.7. The number of aliphatic carboxylic acids is 1. The van der Waals surface area contributed by atoms with Gasteiger partial charge in [-0.05, 0) is 43.3 Å². The molecule has 0 aliphatic rings. The Balaban J connectivity index is 2.29. The van der Waals surface area contributed by atoms with Crippen LogP contribution in [0.25, 0.3) is 0 Å². The zero-order valence-corrected chi connectivity index (χ0v) is 19.9. The van der Waals surface area contributed by atoms with Crippen molar-refractivity contribution in [3.8, 4) is 0 Å². The van der Waals surface area contributed by atoms with Crippen LogP contribution in [0, 0.1) is 0 Å². The van der Waals surface area contributed by atoms with Crippen molar-refractivity contribution in [1.29, 1.82) is 0 Å². The van der Waals surface area contributed by atoms with Crippen LogP contribution in [0.15, 0.2) is 48.0 Å². The van der Waals surface area contributed by atoms with E-state index < -0.39 is 76.7 Å². The van der Waals surface area contributed by atoms with Crippen molar-refractivity contribution >= 4 is 41.8 Å². The molecular weight excluding hydrogens is 524 g/mol. The van der Waals surface area contributed by atoms with Crippen LogP contribution < -0.4 is 0 Å². The zero-order chi connectivity index (χ0) is 29.4. The van der Waals surface area contributed by atoms with Crippen molar-refractivity contribution in [2.75, 3.05) is 6.61 Å². The lowest BCUT2D eigenvalue weighted by Gasteiger charge is -2.17. The van der Waals surface area contributed by atoms with Gasteiger partial charge in [0.05, 0.1) is 33.4 Å². The quantitative estimate of drug-likeness (QED) is 0.190. The van der Waals surface area contributed by atoms with Crippen LogP contribution in [0.3, 0.4) is 0 Å². The third kappa shape index (κ3) is 7.72. The van der Waals surface area contributed by atoms with E-state index >= 15 is 0 Å². The molecule has 2 aromatic carbocycles. The molecule has 14 heteroatoms. The first-order valence-corrected chi connectivity index (χ1v) is 10.7. The second kappa shape index (κ2) is 12.6. The molecule has 2 aromatic rings. The summed E-state index contributed by atoms with van der Waals surface area (Å²) in [6, 6.07) is 5.32. The fraction of sp³-hybridized carbons (Fsp3) is 0.160. The Bertz CT molecular complexity index is 1400. The molecule has 2 rings (SSSR count). The monoisotopic (exact) mass is 544 g/mol. The molecule has 0 fully saturated rings. The first kappa shape index (κ1) is 29.7. The summed E-state index contributed by atoms with van der Waals surface area (Å²) < 4.78 is 10.3. The summed E-state index contributed by atoms with van der Waals surface area (Å²) >= 11 is 0. The van der Waals surface area contributed by atoms with Crippen molar-refractivity contribution < 1.29 is 68.6 Å². The average Bonchev–Trinajstić information content (AvgIpc) is 2.88. The minimum atomic E-state index is -1.62. The molecule has 0 amide bonds. The molecule has 0 bridgehead atoms. The zero-order valence-electron chi connectivity index (χ0n) is 19.9. The van der Waals surface area contributed by atoms with Gasteiger partial charge in [0.15, 0.2) is 0 Å². The number of hydrogen-bond donors (Lipinski definition) is 5. The van der Waals surface area contributed by atoms with Gasteiger partial charge in [-0.3, -0.25) is 0 Å². The highest BCUT2D eigenvalue weighted by atomic mass is 16.6. The van der Waals surface area contributed by atoms with Crippen LogP contribution in [0.4, 0.5) is 0 Å². The summed E-state index contributed by atoms with van der Waals surface area (Å²) in [5.74, 6) is -9.87. The average molecular weight is 544 g/mol. The van der Waals surface area contributed by atoms with Gasteiger partial charge in [-0.25, -0.2) is 33.6 Å². The molecule has 0 aliphatic heterocycles. The number of carboxylic acid groups (broad SMARTS) is 5. The first-order valence-electron chi connectivity index (χ1n) is 10.7. The molecule has 1 atom stereocenters. The molecule has 204 valence electrons. The van der Waals surface area contributed by atoms with Gasteiger partial charge in [-0.2, -0.15) is 0 Å². The standard InChI is InChI=1S/C25H20O14/c1-11(19(26)27)2-5-14(39-25(37)13-4-7-16(21(30)31)18(9-13)23(34)35)10-38-24(36)12-3-6-15(20(28)29)17(8-12)22(32)33/h2-4,6-9,14H,5,10H2,1H3,(H,26,27)(H,28,29)(H,30,31)(H,32,33)(H,34,35). The van der Waals surface area contributed by atoms with Crippen molar-refractivity contribution in [3.63, 3.8) is 0 Å². The second-order valence-corrected chi connectivity index (χ2v) is 7.80. The number of carbonyl (C=O) groups is 7. The Kier molecular flexibility index (Phi) is 9.61. The molecule has 5 N–H and O–H groups in total. The van der Waals surface area contributed by atoms with Gasteiger partial charge in [0, 0.05) is 12.0 Å². The number of ether oxygens (including phenoxy) is 2. The summed E-state index contributed by atoms with van der Waals surface area (Å²) in [7, 11) is 0. The number of benzene rings is 2. The molecule has 14 nitrogen and oxygen atoms in total. The lowest BCUT2D eigenvalue weighted by Crippen LogP contribution is -2.26. The fourth-order valence-electron chi connectivity index (χ4n) is 3.09. The van der Waals surface area contributed by atoms with Gasteiger partial charge in [-0.1, -0.05) is 6.08 Å². The third-order valence-electron chi connectivity index (χ3n) is 5.13. The van der Waals surface area contributed by atoms with E-state index in [9.17, 15) is 43.8 Å². The number of hydrogen-bond acceptors (Lipinski definition) is 9. The summed E-state index contributed by atoms with van der Waals surface area (Å²) in [5, 5.41) is 45.7. The molecule has 0 aromatic heterocycles. The predicted molar refractivity (Wildman–Crippen MR) is 126 cm³/mol. The Morgan fingerprint density at radius 2 is 1.13 bits per heavy atom. The fourth-order valence-corrected chi connectivity index (χ4v) is 3.09. The Morgan fingerprint density at radius 3 is 1.54 bits per heavy atom. The van der Waals surface area contributed by atoms with Crippen molar-refractivity contribution in [2.24, 2.45) is 0 Å². The SMILES string of the molecule is CC(=CCC(COC(=O)c1ccc(C(=O)O)c(C(=O)O)c1)OC(=O)c1ccc(C(=O)O)c(C(=O)O)c1)C(=O)O. The van der Waals surface area contributed by atoms with Crippen LogP contribution in [-0.2, 0) is 14.3 Å². The van der Waals surface area contributed by atoms with Crippen molar-refractivity contribution in [1.82, 2.24) is 0 Å². The molecule has 0 heterocycles. The number of rotatable bonds is 12. The predicted octanol–water partition coefficient (Wildman–Crippen LogP) is 2.28. The molecule has 39 heavy (non-hydrogen) atoms. The normalized spacial score (nSPS) is 11.7. The largest absolute Gasteiger partial charge is 0.478 e. The van der Waals surface area contributed by atoms with Gasteiger partial charge < -0.3 is 35.0 Å².